The van der Waals surface area contributed by atoms with Crippen LogP contribution in [0, 0.1) is 0 Å². The van der Waals surface area contributed by atoms with Gasteiger partial charge in [0.15, 0.2) is 11.5 Å². The third kappa shape index (κ3) is 6.57. The number of Topliss-reactive ketones (excluding diaryl/α,β-unsaturated/α-hetero) is 1. The van der Waals surface area contributed by atoms with Gasteiger partial charge in [-0.15, -0.1) is 0 Å². The standard InChI is InChI=1S/C23H27NO6/c1-16(25)18-3-8-22(24-17(2)26)23(15-18)30-21-6-4-19(5-7-21)28-13-14-29-20-9-11-27-12-10-20/h3-8,15,20H,9-14H2,1-2H3,(H,24,26). The zero-order chi connectivity index (χ0) is 21.3. The summed E-state index contributed by atoms with van der Waals surface area (Å²) in [4.78, 5) is 23.1. The summed E-state index contributed by atoms with van der Waals surface area (Å²) in [6.07, 6.45) is 2.11. The van der Waals surface area contributed by atoms with Gasteiger partial charge in [0.25, 0.3) is 0 Å². The van der Waals surface area contributed by atoms with Gasteiger partial charge in [-0.3, -0.25) is 9.59 Å². The van der Waals surface area contributed by atoms with Crippen molar-refractivity contribution in [2.75, 3.05) is 31.7 Å². The molecule has 0 saturated carbocycles. The van der Waals surface area contributed by atoms with E-state index in [-0.39, 0.29) is 17.8 Å². The number of amides is 1. The predicted molar refractivity (Wildman–Crippen MR) is 113 cm³/mol. The van der Waals surface area contributed by atoms with E-state index in [1.54, 1.807) is 42.5 Å². The molecule has 0 unspecified atom stereocenters. The first-order chi connectivity index (χ1) is 14.5. The van der Waals surface area contributed by atoms with E-state index in [0.29, 0.717) is 41.7 Å². The Balaban J connectivity index is 1.56. The number of hydrogen-bond donors (Lipinski definition) is 1. The molecule has 1 fully saturated rings. The third-order valence-electron chi connectivity index (χ3n) is 4.62. The number of ketones is 1. The Kier molecular flexibility index (Phi) is 7.82. The molecule has 0 aromatic heterocycles. The van der Waals surface area contributed by atoms with Crippen LogP contribution in [0.15, 0.2) is 42.5 Å². The van der Waals surface area contributed by atoms with E-state index in [9.17, 15) is 9.59 Å². The molecule has 0 aliphatic carbocycles. The quantitative estimate of drug-likeness (QED) is 0.490. The lowest BCUT2D eigenvalue weighted by atomic mass is 10.1. The molecule has 1 aliphatic rings. The molecule has 7 heteroatoms. The average Bonchev–Trinajstić information content (AvgIpc) is 2.74. The van der Waals surface area contributed by atoms with Crippen molar-refractivity contribution in [1.82, 2.24) is 0 Å². The van der Waals surface area contributed by atoms with E-state index >= 15 is 0 Å². The van der Waals surface area contributed by atoms with Gasteiger partial charge in [0.1, 0.15) is 18.1 Å². The molecular formula is C23H27NO6. The summed E-state index contributed by atoms with van der Waals surface area (Å²) < 4.78 is 22.7. The van der Waals surface area contributed by atoms with E-state index < -0.39 is 0 Å². The molecule has 7 nitrogen and oxygen atoms in total. The summed E-state index contributed by atoms with van der Waals surface area (Å²) in [5.41, 5.74) is 1.00. The minimum atomic E-state index is -0.220. The molecule has 1 aliphatic heterocycles. The molecule has 1 amide bonds. The number of carbonyl (C=O) groups is 2. The molecule has 2 aromatic carbocycles. The second kappa shape index (κ2) is 10.8. The summed E-state index contributed by atoms with van der Waals surface area (Å²) in [7, 11) is 0. The number of anilines is 1. The lowest BCUT2D eigenvalue weighted by Gasteiger charge is -2.22. The highest BCUT2D eigenvalue weighted by Gasteiger charge is 2.14. The van der Waals surface area contributed by atoms with E-state index in [0.717, 1.165) is 26.1 Å². The van der Waals surface area contributed by atoms with Crippen molar-refractivity contribution in [3.63, 3.8) is 0 Å². The van der Waals surface area contributed by atoms with Crippen molar-refractivity contribution in [2.24, 2.45) is 0 Å². The van der Waals surface area contributed by atoms with Crippen molar-refractivity contribution in [3.05, 3.63) is 48.0 Å². The number of hydrogen-bond acceptors (Lipinski definition) is 6. The molecule has 160 valence electrons. The first kappa shape index (κ1) is 21.8. The number of rotatable bonds is 9. The zero-order valence-electron chi connectivity index (χ0n) is 17.3. The van der Waals surface area contributed by atoms with Gasteiger partial charge in [-0.1, -0.05) is 0 Å². The Morgan fingerprint density at radius 1 is 1.00 bits per heavy atom. The second-order valence-corrected chi connectivity index (χ2v) is 7.05. The number of benzene rings is 2. The fourth-order valence-corrected chi connectivity index (χ4v) is 3.07. The normalized spacial score (nSPS) is 14.2. The molecule has 0 radical (unpaired) electrons. The molecule has 0 atom stereocenters. The van der Waals surface area contributed by atoms with Crippen LogP contribution in [0.5, 0.6) is 17.2 Å². The van der Waals surface area contributed by atoms with E-state index in [1.807, 2.05) is 0 Å². The van der Waals surface area contributed by atoms with Crippen molar-refractivity contribution in [2.45, 2.75) is 32.8 Å². The van der Waals surface area contributed by atoms with Crippen LogP contribution in [0.2, 0.25) is 0 Å². The smallest absolute Gasteiger partial charge is 0.221 e. The average molecular weight is 413 g/mol. The summed E-state index contributed by atoms with van der Waals surface area (Å²) in [5.74, 6) is 1.37. The monoisotopic (exact) mass is 413 g/mol. The molecule has 2 aromatic rings. The van der Waals surface area contributed by atoms with Gasteiger partial charge in [0.05, 0.1) is 18.4 Å². The minimum absolute atomic E-state index is 0.0825. The molecule has 0 spiro atoms. The Morgan fingerprint density at radius 2 is 1.70 bits per heavy atom. The summed E-state index contributed by atoms with van der Waals surface area (Å²) in [6, 6.07) is 12.1. The van der Waals surface area contributed by atoms with Crippen LogP contribution in [0.3, 0.4) is 0 Å². The van der Waals surface area contributed by atoms with Crippen LogP contribution >= 0.6 is 0 Å². The van der Waals surface area contributed by atoms with Crippen LogP contribution < -0.4 is 14.8 Å². The van der Waals surface area contributed by atoms with Crippen LogP contribution in [0.1, 0.15) is 37.0 Å². The Bertz CT molecular complexity index is 858. The van der Waals surface area contributed by atoms with Gasteiger partial charge in [-0.05, 0) is 62.2 Å². The summed E-state index contributed by atoms with van der Waals surface area (Å²) >= 11 is 0. The number of ether oxygens (including phenoxy) is 4. The molecule has 3 rings (SSSR count). The fourth-order valence-electron chi connectivity index (χ4n) is 3.07. The molecule has 1 N–H and O–H groups in total. The second-order valence-electron chi connectivity index (χ2n) is 7.05. The van der Waals surface area contributed by atoms with Gasteiger partial charge in [-0.2, -0.15) is 0 Å². The maximum atomic E-state index is 11.7. The van der Waals surface area contributed by atoms with E-state index in [1.165, 1.54) is 13.8 Å². The van der Waals surface area contributed by atoms with Crippen LogP contribution in [0.25, 0.3) is 0 Å². The molecular weight excluding hydrogens is 386 g/mol. The van der Waals surface area contributed by atoms with Gasteiger partial charge >= 0.3 is 0 Å². The third-order valence-corrected chi connectivity index (χ3v) is 4.62. The van der Waals surface area contributed by atoms with Crippen molar-refractivity contribution in [1.29, 1.82) is 0 Å². The highest BCUT2D eigenvalue weighted by atomic mass is 16.5. The molecule has 1 saturated heterocycles. The minimum Gasteiger partial charge on any atom is -0.491 e. The summed E-state index contributed by atoms with van der Waals surface area (Å²) in [6.45, 7) is 5.40. The topological polar surface area (TPSA) is 83.1 Å². The van der Waals surface area contributed by atoms with Crippen molar-refractivity contribution >= 4 is 17.4 Å². The Morgan fingerprint density at radius 3 is 2.37 bits per heavy atom. The molecule has 1 heterocycles. The van der Waals surface area contributed by atoms with Crippen LogP contribution in [-0.2, 0) is 14.3 Å². The lowest BCUT2D eigenvalue weighted by molar-refractivity contribution is -0.114. The number of nitrogens with one attached hydrogen (secondary N) is 1. The highest BCUT2D eigenvalue weighted by molar-refractivity contribution is 5.96. The van der Waals surface area contributed by atoms with Crippen molar-refractivity contribution < 1.29 is 28.5 Å². The first-order valence-electron chi connectivity index (χ1n) is 10.0. The van der Waals surface area contributed by atoms with Crippen molar-refractivity contribution in [3.8, 4) is 17.2 Å². The van der Waals surface area contributed by atoms with E-state index in [4.69, 9.17) is 18.9 Å². The number of carbonyl (C=O) groups excluding carboxylic acids is 2. The van der Waals surface area contributed by atoms with Crippen LogP contribution in [0.4, 0.5) is 5.69 Å². The predicted octanol–water partition coefficient (Wildman–Crippen LogP) is 4.21. The largest absolute Gasteiger partial charge is 0.491 e. The van der Waals surface area contributed by atoms with Crippen LogP contribution in [-0.4, -0.2) is 44.2 Å². The SMILES string of the molecule is CC(=O)Nc1ccc(C(C)=O)cc1Oc1ccc(OCCOC2CCOCC2)cc1. The van der Waals surface area contributed by atoms with Gasteiger partial charge in [0.2, 0.25) is 5.91 Å². The maximum absolute atomic E-state index is 11.7. The Labute approximate surface area is 176 Å². The van der Waals surface area contributed by atoms with Gasteiger partial charge in [-0.25, -0.2) is 0 Å². The Hall–Kier alpha value is -2.90. The zero-order valence-corrected chi connectivity index (χ0v) is 17.3. The molecule has 0 bridgehead atoms. The van der Waals surface area contributed by atoms with Gasteiger partial charge < -0.3 is 24.3 Å². The highest BCUT2D eigenvalue weighted by Crippen LogP contribution is 2.32. The molecule has 30 heavy (non-hydrogen) atoms. The first-order valence-corrected chi connectivity index (χ1v) is 10.0. The van der Waals surface area contributed by atoms with E-state index in [2.05, 4.69) is 5.32 Å². The lowest BCUT2D eigenvalue weighted by Crippen LogP contribution is -2.25. The fraction of sp³-hybridized carbons (Fsp3) is 0.391. The van der Waals surface area contributed by atoms with Gasteiger partial charge in [0, 0.05) is 25.7 Å². The summed E-state index contributed by atoms with van der Waals surface area (Å²) in [5, 5.41) is 2.71. The maximum Gasteiger partial charge on any atom is 0.221 e.